The minimum atomic E-state index is -2.50. The molecule has 17 heavy (non-hydrogen) atoms. The summed E-state index contributed by atoms with van der Waals surface area (Å²) in [5, 5.41) is 12.0. The van der Waals surface area contributed by atoms with Crippen molar-refractivity contribution < 1.29 is 13.9 Å². The molecule has 0 spiro atoms. The Labute approximate surface area is 104 Å². The van der Waals surface area contributed by atoms with E-state index in [2.05, 4.69) is 0 Å². The van der Waals surface area contributed by atoms with Crippen molar-refractivity contribution in [3.05, 3.63) is 22.4 Å². The largest absolute Gasteiger partial charge is 0.393 e. The van der Waals surface area contributed by atoms with Crippen molar-refractivity contribution in [2.75, 3.05) is 0 Å². The van der Waals surface area contributed by atoms with Crippen LogP contribution in [-0.4, -0.2) is 17.1 Å². The highest BCUT2D eigenvalue weighted by atomic mass is 32.1. The fourth-order valence-corrected chi connectivity index (χ4v) is 3.15. The van der Waals surface area contributed by atoms with Gasteiger partial charge in [-0.25, -0.2) is 8.78 Å². The number of hydrogen-bond acceptors (Lipinski definition) is 2. The lowest BCUT2D eigenvalue weighted by Gasteiger charge is -2.31. The minimum Gasteiger partial charge on any atom is -0.393 e. The summed E-state index contributed by atoms with van der Waals surface area (Å²) in [5.41, 5.74) is 0. The molecule has 0 saturated heterocycles. The van der Waals surface area contributed by atoms with Crippen LogP contribution in [0.2, 0.25) is 0 Å². The first-order valence-electron chi connectivity index (χ1n) is 6.15. The molecule has 1 heterocycles. The molecule has 1 atom stereocenters. The Kier molecular flexibility index (Phi) is 4.15. The first-order valence-corrected chi connectivity index (χ1v) is 7.03. The molecule has 0 radical (unpaired) electrons. The lowest BCUT2D eigenvalue weighted by atomic mass is 9.82. The van der Waals surface area contributed by atoms with Gasteiger partial charge in [0.1, 0.15) is 0 Å². The summed E-state index contributed by atoms with van der Waals surface area (Å²) in [6.45, 7) is 0. The summed E-state index contributed by atoms with van der Waals surface area (Å²) in [4.78, 5) is 1.25. The Morgan fingerprint density at radius 3 is 2.71 bits per heavy atom. The molecule has 1 unspecified atom stereocenters. The van der Waals surface area contributed by atoms with Gasteiger partial charge in [-0.1, -0.05) is 6.07 Å². The lowest BCUT2D eigenvalue weighted by molar-refractivity contribution is -0.0628. The third-order valence-corrected chi connectivity index (χ3v) is 4.51. The second kappa shape index (κ2) is 5.44. The number of aliphatic hydroxyl groups excluding tert-OH is 1. The lowest BCUT2D eigenvalue weighted by Crippen LogP contribution is -2.31. The van der Waals surface area contributed by atoms with E-state index in [9.17, 15) is 13.9 Å². The highest BCUT2D eigenvalue weighted by Crippen LogP contribution is 2.38. The first-order chi connectivity index (χ1) is 8.07. The normalized spacial score (nSPS) is 22.5. The average Bonchev–Trinajstić information content (AvgIpc) is 2.78. The van der Waals surface area contributed by atoms with E-state index in [0.29, 0.717) is 19.3 Å². The summed E-state index contributed by atoms with van der Waals surface area (Å²) in [5.74, 6) is -2.43. The molecule has 1 saturated carbocycles. The van der Waals surface area contributed by atoms with Crippen LogP contribution in [0.25, 0.3) is 0 Å². The summed E-state index contributed by atoms with van der Waals surface area (Å²) >= 11 is 1.68. The topological polar surface area (TPSA) is 20.2 Å². The standard InChI is InChI=1S/C13H18F2OS/c14-13(15)7-5-10(6-8-13)12(16)4-3-11-2-1-9-17-11/h1-2,9-10,12,16H,3-8H2. The molecule has 0 aromatic carbocycles. The van der Waals surface area contributed by atoms with Gasteiger partial charge >= 0.3 is 0 Å². The zero-order valence-electron chi connectivity index (χ0n) is 9.74. The van der Waals surface area contributed by atoms with Gasteiger partial charge in [-0.05, 0) is 43.0 Å². The van der Waals surface area contributed by atoms with Gasteiger partial charge in [-0.15, -0.1) is 11.3 Å². The molecule has 2 rings (SSSR count). The van der Waals surface area contributed by atoms with Gasteiger partial charge in [-0.2, -0.15) is 0 Å². The summed E-state index contributed by atoms with van der Waals surface area (Å²) in [6, 6.07) is 4.04. The third-order valence-electron chi connectivity index (χ3n) is 3.57. The van der Waals surface area contributed by atoms with Crippen molar-refractivity contribution in [1.82, 2.24) is 0 Å². The smallest absolute Gasteiger partial charge is 0.248 e. The molecule has 0 amide bonds. The number of hydrogen-bond donors (Lipinski definition) is 1. The van der Waals surface area contributed by atoms with Crippen LogP contribution < -0.4 is 0 Å². The van der Waals surface area contributed by atoms with E-state index < -0.39 is 12.0 Å². The van der Waals surface area contributed by atoms with E-state index >= 15 is 0 Å². The van der Waals surface area contributed by atoms with Crippen molar-refractivity contribution in [3.8, 4) is 0 Å². The molecule has 0 aliphatic heterocycles. The number of aliphatic hydroxyl groups is 1. The summed E-state index contributed by atoms with van der Waals surface area (Å²) in [7, 11) is 0. The molecule has 1 aromatic rings. The van der Waals surface area contributed by atoms with Gasteiger partial charge in [0.15, 0.2) is 0 Å². The monoisotopic (exact) mass is 260 g/mol. The van der Waals surface area contributed by atoms with Gasteiger partial charge in [-0.3, -0.25) is 0 Å². The second-order valence-electron chi connectivity index (χ2n) is 4.88. The highest BCUT2D eigenvalue weighted by molar-refractivity contribution is 7.09. The van der Waals surface area contributed by atoms with Crippen LogP contribution in [0.3, 0.4) is 0 Å². The highest BCUT2D eigenvalue weighted by Gasteiger charge is 2.36. The SMILES string of the molecule is OC(CCc1cccs1)C1CCC(F)(F)CC1. The van der Waals surface area contributed by atoms with Crippen LogP contribution in [0, 0.1) is 5.92 Å². The van der Waals surface area contributed by atoms with Gasteiger partial charge in [0.2, 0.25) is 5.92 Å². The number of aryl methyl sites for hydroxylation is 1. The van der Waals surface area contributed by atoms with Gasteiger partial charge in [0, 0.05) is 17.7 Å². The van der Waals surface area contributed by atoms with Crippen LogP contribution in [0.4, 0.5) is 8.78 Å². The Morgan fingerprint density at radius 1 is 1.41 bits per heavy atom. The molecule has 1 aliphatic rings. The van der Waals surface area contributed by atoms with Crippen LogP contribution in [0.5, 0.6) is 0 Å². The number of alkyl halides is 2. The Hall–Kier alpha value is -0.480. The van der Waals surface area contributed by atoms with Crippen molar-refractivity contribution >= 4 is 11.3 Å². The van der Waals surface area contributed by atoms with Crippen LogP contribution in [0.1, 0.15) is 37.0 Å². The van der Waals surface area contributed by atoms with Gasteiger partial charge < -0.3 is 5.11 Å². The van der Waals surface area contributed by atoms with E-state index in [1.807, 2.05) is 17.5 Å². The molecular weight excluding hydrogens is 242 g/mol. The second-order valence-corrected chi connectivity index (χ2v) is 5.91. The van der Waals surface area contributed by atoms with E-state index in [-0.39, 0.29) is 18.8 Å². The molecule has 1 aromatic heterocycles. The quantitative estimate of drug-likeness (QED) is 0.871. The predicted octanol–water partition coefficient (Wildman–Crippen LogP) is 3.87. The molecule has 1 aliphatic carbocycles. The molecule has 1 nitrogen and oxygen atoms in total. The maximum atomic E-state index is 13.0. The summed E-state index contributed by atoms with van der Waals surface area (Å²) < 4.78 is 25.9. The molecule has 4 heteroatoms. The van der Waals surface area contributed by atoms with Gasteiger partial charge in [0.05, 0.1) is 6.10 Å². The Bertz CT molecular complexity index is 327. The number of thiophene rings is 1. The van der Waals surface area contributed by atoms with Crippen molar-refractivity contribution in [3.63, 3.8) is 0 Å². The molecule has 1 fully saturated rings. The molecule has 96 valence electrons. The third kappa shape index (κ3) is 3.75. The molecule has 1 N–H and O–H groups in total. The molecule has 0 bridgehead atoms. The van der Waals surface area contributed by atoms with E-state index in [1.54, 1.807) is 11.3 Å². The van der Waals surface area contributed by atoms with Crippen LogP contribution >= 0.6 is 11.3 Å². The average molecular weight is 260 g/mol. The number of rotatable bonds is 4. The van der Waals surface area contributed by atoms with Crippen LogP contribution in [-0.2, 0) is 6.42 Å². The van der Waals surface area contributed by atoms with E-state index in [0.717, 1.165) is 6.42 Å². The maximum absolute atomic E-state index is 13.0. The zero-order valence-corrected chi connectivity index (χ0v) is 10.6. The van der Waals surface area contributed by atoms with Gasteiger partial charge in [0.25, 0.3) is 0 Å². The summed E-state index contributed by atoms with van der Waals surface area (Å²) in [6.07, 6.45) is 1.91. The predicted molar refractivity (Wildman–Crippen MR) is 65.6 cm³/mol. The molecular formula is C13H18F2OS. The Morgan fingerprint density at radius 2 is 2.12 bits per heavy atom. The minimum absolute atomic E-state index is 0.0618. The van der Waals surface area contributed by atoms with Crippen molar-refractivity contribution in [2.45, 2.75) is 50.6 Å². The maximum Gasteiger partial charge on any atom is 0.248 e. The van der Waals surface area contributed by atoms with Crippen LogP contribution in [0.15, 0.2) is 17.5 Å². The fourth-order valence-electron chi connectivity index (χ4n) is 2.43. The van der Waals surface area contributed by atoms with Crippen molar-refractivity contribution in [2.24, 2.45) is 5.92 Å². The zero-order chi connectivity index (χ0) is 12.3. The van der Waals surface area contributed by atoms with E-state index in [4.69, 9.17) is 0 Å². The first kappa shape index (κ1) is 13.0. The number of halogens is 2. The fraction of sp³-hybridized carbons (Fsp3) is 0.692. The van der Waals surface area contributed by atoms with E-state index in [1.165, 1.54) is 4.88 Å². The Balaban J connectivity index is 1.75. The van der Waals surface area contributed by atoms with Crippen molar-refractivity contribution in [1.29, 1.82) is 0 Å².